The van der Waals surface area contributed by atoms with E-state index in [0.29, 0.717) is 22.9 Å². The Morgan fingerprint density at radius 1 is 1.04 bits per heavy atom. The Bertz CT molecular complexity index is 654. The maximum absolute atomic E-state index is 12.0. The summed E-state index contributed by atoms with van der Waals surface area (Å²) in [5, 5.41) is 2.84. The number of nitrogens with one attached hydrogen (secondary N) is 1. The molecular weight excluding hydrogens is 292 g/mol. The standard InChI is InChI=1S/C18H22N2O3/c1-12(13(2)19)18(21)20-14-8-10-15(11-9-14)23-17-7-5-4-6-16(17)22-3/h4-13H,19H2,1-3H3,(H,20,21). The Labute approximate surface area is 136 Å². The normalized spacial score (nSPS) is 13.0. The second kappa shape index (κ2) is 7.65. The molecule has 0 aromatic heterocycles. The maximum atomic E-state index is 12.0. The van der Waals surface area contributed by atoms with Crippen LogP contribution in [-0.2, 0) is 4.79 Å². The second-order valence-electron chi connectivity index (χ2n) is 5.41. The molecule has 0 bridgehead atoms. The molecule has 0 fully saturated rings. The zero-order valence-corrected chi connectivity index (χ0v) is 13.6. The molecule has 0 radical (unpaired) electrons. The van der Waals surface area contributed by atoms with E-state index in [-0.39, 0.29) is 17.9 Å². The molecule has 5 nitrogen and oxygen atoms in total. The SMILES string of the molecule is COc1ccccc1Oc1ccc(NC(=O)C(C)C(C)N)cc1. The highest BCUT2D eigenvalue weighted by Crippen LogP contribution is 2.31. The highest BCUT2D eigenvalue weighted by Gasteiger charge is 2.16. The molecule has 2 aromatic carbocycles. The number of carbonyl (C=O) groups is 1. The van der Waals surface area contributed by atoms with Gasteiger partial charge in [-0.25, -0.2) is 0 Å². The van der Waals surface area contributed by atoms with E-state index in [0.717, 1.165) is 0 Å². The molecule has 0 heterocycles. The van der Waals surface area contributed by atoms with E-state index >= 15 is 0 Å². The van der Waals surface area contributed by atoms with Crippen LogP contribution >= 0.6 is 0 Å². The maximum Gasteiger partial charge on any atom is 0.228 e. The van der Waals surface area contributed by atoms with Crippen molar-refractivity contribution in [1.82, 2.24) is 0 Å². The van der Waals surface area contributed by atoms with E-state index in [2.05, 4.69) is 5.32 Å². The Balaban J connectivity index is 2.04. The zero-order chi connectivity index (χ0) is 16.8. The van der Waals surface area contributed by atoms with Gasteiger partial charge in [-0.1, -0.05) is 19.1 Å². The number of rotatable bonds is 6. The Morgan fingerprint density at radius 3 is 2.22 bits per heavy atom. The van der Waals surface area contributed by atoms with Crippen molar-refractivity contribution in [3.05, 3.63) is 48.5 Å². The lowest BCUT2D eigenvalue weighted by Gasteiger charge is -2.15. The van der Waals surface area contributed by atoms with Gasteiger partial charge in [0.1, 0.15) is 5.75 Å². The van der Waals surface area contributed by atoms with Crippen LogP contribution in [0, 0.1) is 5.92 Å². The van der Waals surface area contributed by atoms with Crippen molar-refractivity contribution < 1.29 is 14.3 Å². The van der Waals surface area contributed by atoms with Crippen LogP contribution in [0.3, 0.4) is 0 Å². The van der Waals surface area contributed by atoms with Gasteiger partial charge >= 0.3 is 0 Å². The van der Waals surface area contributed by atoms with Crippen LogP contribution in [-0.4, -0.2) is 19.1 Å². The molecule has 23 heavy (non-hydrogen) atoms. The van der Waals surface area contributed by atoms with E-state index in [1.54, 1.807) is 38.3 Å². The molecule has 2 aromatic rings. The van der Waals surface area contributed by atoms with Gasteiger partial charge < -0.3 is 20.5 Å². The number of benzene rings is 2. The molecule has 2 unspecified atom stereocenters. The molecule has 0 aliphatic heterocycles. The Hall–Kier alpha value is -2.53. The van der Waals surface area contributed by atoms with E-state index in [4.69, 9.17) is 15.2 Å². The highest BCUT2D eigenvalue weighted by atomic mass is 16.5. The fourth-order valence-corrected chi connectivity index (χ4v) is 1.93. The Morgan fingerprint density at radius 2 is 1.65 bits per heavy atom. The summed E-state index contributed by atoms with van der Waals surface area (Å²) in [6.07, 6.45) is 0. The first-order valence-electron chi connectivity index (χ1n) is 7.48. The van der Waals surface area contributed by atoms with Crippen molar-refractivity contribution >= 4 is 11.6 Å². The van der Waals surface area contributed by atoms with E-state index < -0.39 is 0 Å². The van der Waals surface area contributed by atoms with Gasteiger partial charge in [-0.05, 0) is 43.3 Å². The topological polar surface area (TPSA) is 73.6 Å². The Kier molecular flexibility index (Phi) is 5.60. The predicted octanol–water partition coefficient (Wildman–Crippen LogP) is 3.41. The lowest BCUT2D eigenvalue weighted by Crippen LogP contribution is -2.34. The molecule has 2 rings (SSSR count). The third-order valence-corrected chi connectivity index (χ3v) is 3.62. The van der Waals surface area contributed by atoms with Gasteiger partial charge in [0.05, 0.1) is 13.0 Å². The number of methoxy groups -OCH3 is 1. The van der Waals surface area contributed by atoms with Gasteiger partial charge in [0.2, 0.25) is 5.91 Å². The summed E-state index contributed by atoms with van der Waals surface area (Å²) in [4.78, 5) is 12.0. The minimum absolute atomic E-state index is 0.0987. The molecular formula is C18H22N2O3. The van der Waals surface area contributed by atoms with Gasteiger partial charge in [-0.3, -0.25) is 4.79 Å². The van der Waals surface area contributed by atoms with Crippen LogP contribution in [0.1, 0.15) is 13.8 Å². The fraction of sp³-hybridized carbons (Fsp3) is 0.278. The first-order chi connectivity index (χ1) is 11.0. The zero-order valence-electron chi connectivity index (χ0n) is 13.6. The first kappa shape index (κ1) is 16.8. The molecule has 0 aliphatic rings. The van der Waals surface area contributed by atoms with Crippen molar-refractivity contribution in [2.24, 2.45) is 11.7 Å². The third-order valence-electron chi connectivity index (χ3n) is 3.62. The summed E-state index contributed by atoms with van der Waals surface area (Å²) >= 11 is 0. The molecule has 1 amide bonds. The van der Waals surface area contributed by atoms with E-state index in [1.165, 1.54) is 0 Å². The van der Waals surface area contributed by atoms with E-state index in [9.17, 15) is 4.79 Å². The molecule has 5 heteroatoms. The highest BCUT2D eigenvalue weighted by molar-refractivity contribution is 5.92. The average molecular weight is 314 g/mol. The van der Waals surface area contributed by atoms with Crippen molar-refractivity contribution in [3.8, 4) is 17.2 Å². The monoisotopic (exact) mass is 314 g/mol. The lowest BCUT2D eigenvalue weighted by molar-refractivity contribution is -0.119. The van der Waals surface area contributed by atoms with Gasteiger partial charge in [-0.15, -0.1) is 0 Å². The summed E-state index contributed by atoms with van der Waals surface area (Å²) in [5.41, 5.74) is 6.44. The van der Waals surface area contributed by atoms with Crippen LogP contribution in [0.5, 0.6) is 17.2 Å². The molecule has 2 atom stereocenters. The molecule has 0 saturated carbocycles. The summed E-state index contributed by atoms with van der Waals surface area (Å²) in [6.45, 7) is 3.62. The van der Waals surface area contributed by atoms with Crippen LogP contribution in [0.25, 0.3) is 0 Å². The number of amides is 1. The minimum Gasteiger partial charge on any atom is -0.493 e. The van der Waals surface area contributed by atoms with Crippen molar-refractivity contribution in [3.63, 3.8) is 0 Å². The predicted molar refractivity (Wildman–Crippen MR) is 91.0 cm³/mol. The fourth-order valence-electron chi connectivity index (χ4n) is 1.93. The van der Waals surface area contributed by atoms with Crippen LogP contribution < -0.4 is 20.5 Å². The van der Waals surface area contributed by atoms with Crippen molar-refractivity contribution in [2.75, 3.05) is 12.4 Å². The van der Waals surface area contributed by atoms with Crippen LogP contribution in [0.15, 0.2) is 48.5 Å². The molecule has 122 valence electrons. The van der Waals surface area contributed by atoms with Crippen LogP contribution in [0.2, 0.25) is 0 Å². The summed E-state index contributed by atoms with van der Waals surface area (Å²) in [6, 6.07) is 14.4. The lowest BCUT2D eigenvalue weighted by atomic mass is 10.0. The smallest absolute Gasteiger partial charge is 0.228 e. The van der Waals surface area contributed by atoms with Gasteiger partial charge in [0.15, 0.2) is 11.5 Å². The number of anilines is 1. The number of hydrogen-bond donors (Lipinski definition) is 2. The number of carbonyl (C=O) groups excluding carboxylic acids is 1. The van der Waals surface area contributed by atoms with Crippen molar-refractivity contribution in [1.29, 1.82) is 0 Å². The van der Waals surface area contributed by atoms with Gasteiger partial charge in [-0.2, -0.15) is 0 Å². The summed E-state index contributed by atoms with van der Waals surface area (Å²) < 4.78 is 11.0. The number of nitrogens with two attached hydrogens (primary N) is 1. The van der Waals surface area contributed by atoms with E-state index in [1.807, 2.05) is 31.2 Å². The number of hydrogen-bond acceptors (Lipinski definition) is 4. The van der Waals surface area contributed by atoms with Crippen molar-refractivity contribution in [2.45, 2.75) is 19.9 Å². The average Bonchev–Trinajstić information content (AvgIpc) is 2.56. The van der Waals surface area contributed by atoms with Gasteiger partial charge in [0, 0.05) is 11.7 Å². The van der Waals surface area contributed by atoms with Gasteiger partial charge in [0.25, 0.3) is 0 Å². The minimum atomic E-state index is -0.250. The quantitative estimate of drug-likeness (QED) is 0.857. The largest absolute Gasteiger partial charge is 0.493 e. The number of para-hydroxylation sites is 2. The first-order valence-corrected chi connectivity index (χ1v) is 7.48. The summed E-state index contributed by atoms with van der Waals surface area (Å²) in [5.74, 6) is 1.61. The number of ether oxygens (including phenoxy) is 2. The second-order valence-corrected chi connectivity index (χ2v) is 5.41. The molecule has 0 spiro atoms. The molecule has 0 aliphatic carbocycles. The summed E-state index contributed by atoms with van der Waals surface area (Å²) in [7, 11) is 1.60. The molecule has 3 N–H and O–H groups in total. The van der Waals surface area contributed by atoms with Crippen LogP contribution in [0.4, 0.5) is 5.69 Å². The third kappa shape index (κ3) is 4.47. The molecule has 0 saturated heterocycles.